The quantitative estimate of drug-likeness (QED) is 0.829. The minimum Gasteiger partial charge on any atom is -0.359 e. The number of anilines is 1. The molecule has 136 valence electrons. The maximum atomic E-state index is 12.3. The first-order valence-electron chi connectivity index (χ1n) is 7.87. The number of ether oxygens (including phenoxy) is 1. The molecule has 8 nitrogen and oxygen atoms in total. The van der Waals surface area contributed by atoms with Gasteiger partial charge in [-0.3, -0.25) is 5.01 Å². The van der Waals surface area contributed by atoms with Crippen LogP contribution in [0.5, 0.6) is 0 Å². The lowest BCUT2D eigenvalue weighted by Gasteiger charge is -2.20. The van der Waals surface area contributed by atoms with Crippen LogP contribution < -0.4 is 4.72 Å². The predicted octanol–water partition coefficient (Wildman–Crippen LogP) is 1.81. The van der Waals surface area contributed by atoms with Gasteiger partial charge < -0.3 is 4.74 Å². The molecule has 1 aromatic carbocycles. The highest BCUT2D eigenvalue weighted by atomic mass is 32.2. The van der Waals surface area contributed by atoms with Crippen LogP contribution in [0.2, 0.25) is 0 Å². The van der Waals surface area contributed by atoms with E-state index in [4.69, 9.17) is 4.74 Å². The Kier molecular flexibility index (Phi) is 5.29. The Hall–Kier alpha value is -2.78. The molecule has 0 amide bonds. The van der Waals surface area contributed by atoms with Crippen molar-refractivity contribution >= 4 is 28.3 Å². The van der Waals surface area contributed by atoms with Crippen LogP contribution in [0.15, 0.2) is 58.8 Å². The van der Waals surface area contributed by atoms with Crippen LogP contribution in [0, 0.1) is 5.92 Å². The van der Waals surface area contributed by atoms with Crippen molar-refractivity contribution in [3.63, 3.8) is 0 Å². The highest BCUT2D eigenvalue weighted by Crippen LogP contribution is 2.20. The largest absolute Gasteiger partial charge is 0.359 e. The van der Waals surface area contributed by atoms with E-state index in [0.717, 1.165) is 5.56 Å². The van der Waals surface area contributed by atoms with Crippen molar-refractivity contribution < 1.29 is 13.2 Å². The average molecular weight is 373 g/mol. The molecule has 0 saturated carbocycles. The Morgan fingerprint density at radius 2 is 1.88 bits per heavy atom. The molecule has 26 heavy (non-hydrogen) atoms. The van der Waals surface area contributed by atoms with Gasteiger partial charge in [-0.15, -0.1) is 0 Å². The summed E-state index contributed by atoms with van der Waals surface area (Å²) in [4.78, 5) is 7.86. The molecule has 2 aromatic rings. The molecule has 0 fully saturated rings. The molecule has 1 aliphatic rings. The van der Waals surface area contributed by atoms with Gasteiger partial charge in [0.05, 0.1) is 10.8 Å². The third kappa shape index (κ3) is 4.06. The highest BCUT2D eigenvalue weighted by Gasteiger charge is 2.25. The van der Waals surface area contributed by atoms with Crippen molar-refractivity contribution in [1.82, 2.24) is 15.0 Å². The monoisotopic (exact) mass is 373 g/mol. The van der Waals surface area contributed by atoms with Crippen LogP contribution in [0.3, 0.4) is 0 Å². The van der Waals surface area contributed by atoms with Gasteiger partial charge in [0, 0.05) is 32.8 Å². The van der Waals surface area contributed by atoms with E-state index in [-0.39, 0.29) is 23.0 Å². The van der Waals surface area contributed by atoms with E-state index in [1.807, 2.05) is 25.4 Å². The van der Waals surface area contributed by atoms with Crippen molar-refractivity contribution in [2.45, 2.75) is 11.1 Å². The van der Waals surface area contributed by atoms with Gasteiger partial charge in [-0.1, -0.05) is 24.3 Å². The molecule has 2 unspecified atom stereocenters. The number of nitrogens with one attached hydrogen (secondary N) is 1. The standard InChI is InChI=1S/C17H19N5O3S/c1-22-16(25-2)14(12-20-22)7-4-13-5-8-15(9-6-13)26(23,24)21-17-18-10-3-11-19-17/h3-12,14,16H,1-2H3,(H,18,19,21)/b7-4+. The molecular formula is C17H19N5O3S. The number of aromatic nitrogens is 2. The summed E-state index contributed by atoms with van der Waals surface area (Å²) in [5.74, 6) is 0.0667. The molecule has 0 saturated heterocycles. The third-order valence-electron chi connectivity index (χ3n) is 3.85. The Balaban J connectivity index is 1.70. The fourth-order valence-corrected chi connectivity index (χ4v) is 3.49. The van der Waals surface area contributed by atoms with Gasteiger partial charge in [-0.25, -0.2) is 23.1 Å². The smallest absolute Gasteiger partial charge is 0.264 e. The number of rotatable bonds is 6. The van der Waals surface area contributed by atoms with Gasteiger partial charge in [-0.05, 0) is 23.8 Å². The molecule has 1 aromatic heterocycles. The summed E-state index contributed by atoms with van der Waals surface area (Å²) < 4.78 is 32.4. The lowest BCUT2D eigenvalue weighted by molar-refractivity contribution is -0.0150. The topological polar surface area (TPSA) is 96.8 Å². The zero-order chi connectivity index (χ0) is 18.6. The second-order valence-electron chi connectivity index (χ2n) is 5.65. The van der Waals surface area contributed by atoms with E-state index in [9.17, 15) is 8.42 Å². The summed E-state index contributed by atoms with van der Waals surface area (Å²) >= 11 is 0. The normalized spacial score (nSPS) is 20.0. The zero-order valence-corrected chi connectivity index (χ0v) is 15.2. The van der Waals surface area contributed by atoms with Crippen molar-refractivity contribution in [1.29, 1.82) is 0 Å². The second-order valence-corrected chi connectivity index (χ2v) is 7.33. The first-order chi connectivity index (χ1) is 12.5. The number of hydrogen-bond donors (Lipinski definition) is 1. The number of sulfonamides is 1. The Bertz CT molecular complexity index is 898. The molecule has 2 atom stereocenters. The SMILES string of the molecule is COC1C(/C=C/c2ccc(S(=O)(=O)Nc3ncccn3)cc2)C=NN1C. The number of methoxy groups -OCH3 is 1. The summed E-state index contributed by atoms with van der Waals surface area (Å²) in [5, 5.41) is 5.95. The first-order valence-corrected chi connectivity index (χ1v) is 9.36. The lowest BCUT2D eigenvalue weighted by Crippen LogP contribution is -2.30. The molecule has 9 heteroatoms. The van der Waals surface area contributed by atoms with Crippen molar-refractivity contribution in [2.24, 2.45) is 11.0 Å². The molecule has 3 rings (SSSR count). The zero-order valence-electron chi connectivity index (χ0n) is 14.4. The number of hydrazone groups is 1. The van der Waals surface area contributed by atoms with E-state index in [1.165, 1.54) is 24.5 Å². The van der Waals surface area contributed by atoms with Crippen molar-refractivity contribution in [2.75, 3.05) is 18.9 Å². The van der Waals surface area contributed by atoms with Crippen LogP contribution in [-0.4, -0.2) is 50.0 Å². The van der Waals surface area contributed by atoms with E-state index < -0.39 is 10.0 Å². The van der Waals surface area contributed by atoms with E-state index in [2.05, 4.69) is 19.8 Å². The van der Waals surface area contributed by atoms with E-state index in [0.29, 0.717) is 0 Å². The molecular weight excluding hydrogens is 354 g/mol. The molecule has 0 aliphatic carbocycles. The third-order valence-corrected chi connectivity index (χ3v) is 5.20. The fraction of sp³-hybridized carbons (Fsp3) is 0.235. The lowest BCUT2D eigenvalue weighted by atomic mass is 10.1. The molecule has 1 aliphatic heterocycles. The maximum absolute atomic E-state index is 12.3. The van der Waals surface area contributed by atoms with Crippen LogP contribution in [0.4, 0.5) is 5.95 Å². The molecule has 1 N–H and O–H groups in total. The van der Waals surface area contributed by atoms with Gasteiger partial charge in [0.1, 0.15) is 0 Å². The fourth-order valence-electron chi connectivity index (χ4n) is 2.54. The number of benzene rings is 1. The van der Waals surface area contributed by atoms with Crippen molar-refractivity contribution in [3.8, 4) is 0 Å². The van der Waals surface area contributed by atoms with Gasteiger partial charge in [0.2, 0.25) is 5.95 Å². The Morgan fingerprint density at radius 3 is 2.54 bits per heavy atom. The minimum absolute atomic E-state index is 0.0327. The maximum Gasteiger partial charge on any atom is 0.264 e. The predicted molar refractivity (Wildman–Crippen MR) is 98.9 cm³/mol. The number of hydrogen-bond acceptors (Lipinski definition) is 7. The second kappa shape index (κ2) is 7.63. The molecule has 0 spiro atoms. The van der Waals surface area contributed by atoms with Crippen LogP contribution in [-0.2, 0) is 14.8 Å². The highest BCUT2D eigenvalue weighted by molar-refractivity contribution is 7.92. The Morgan fingerprint density at radius 1 is 1.19 bits per heavy atom. The summed E-state index contributed by atoms with van der Waals surface area (Å²) in [6.07, 6.45) is 8.49. The molecule has 0 bridgehead atoms. The van der Waals surface area contributed by atoms with Gasteiger partial charge in [-0.2, -0.15) is 5.10 Å². The minimum atomic E-state index is -3.73. The van der Waals surface area contributed by atoms with Gasteiger partial charge in [0.15, 0.2) is 6.23 Å². The van der Waals surface area contributed by atoms with Crippen molar-refractivity contribution in [3.05, 3.63) is 54.4 Å². The summed E-state index contributed by atoms with van der Waals surface area (Å²) in [5.41, 5.74) is 0.873. The van der Waals surface area contributed by atoms with Crippen LogP contribution >= 0.6 is 0 Å². The molecule has 2 heterocycles. The van der Waals surface area contributed by atoms with E-state index in [1.54, 1.807) is 30.3 Å². The summed E-state index contributed by atoms with van der Waals surface area (Å²) in [7, 11) is -0.240. The number of nitrogens with zero attached hydrogens (tertiary/aromatic N) is 4. The van der Waals surface area contributed by atoms with Crippen LogP contribution in [0.1, 0.15) is 5.56 Å². The van der Waals surface area contributed by atoms with Gasteiger partial charge >= 0.3 is 0 Å². The summed E-state index contributed by atoms with van der Waals surface area (Å²) in [6.45, 7) is 0. The average Bonchev–Trinajstić information content (AvgIpc) is 3.00. The van der Waals surface area contributed by atoms with Crippen LogP contribution in [0.25, 0.3) is 6.08 Å². The van der Waals surface area contributed by atoms with Gasteiger partial charge in [0.25, 0.3) is 10.0 Å². The molecule has 0 radical (unpaired) electrons. The van der Waals surface area contributed by atoms with E-state index >= 15 is 0 Å². The Labute approximate surface area is 152 Å². The summed E-state index contributed by atoms with van der Waals surface area (Å²) in [6, 6.07) is 8.14. The first kappa shape index (κ1) is 18.0.